The number of ether oxygens (including phenoxy) is 2. The van der Waals surface area contributed by atoms with Gasteiger partial charge in [-0.3, -0.25) is 0 Å². The number of methoxy groups -OCH3 is 1. The maximum Gasteiger partial charge on any atom is 0.339 e. The van der Waals surface area contributed by atoms with Crippen molar-refractivity contribution in [1.29, 1.82) is 0 Å². The third-order valence-corrected chi connectivity index (χ3v) is 2.87. The minimum Gasteiger partial charge on any atom is -0.504 e. The predicted octanol–water partition coefficient (Wildman–Crippen LogP) is 1.96. The predicted molar refractivity (Wildman–Crippen MR) is 66.0 cm³/mol. The fourth-order valence-corrected chi connectivity index (χ4v) is 1.74. The zero-order chi connectivity index (χ0) is 13.9. The number of halogens is 1. The summed E-state index contributed by atoms with van der Waals surface area (Å²) < 4.78 is 9.66. The van der Waals surface area contributed by atoms with Gasteiger partial charge in [0.15, 0.2) is 17.6 Å². The van der Waals surface area contributed by atoms with Gasteiger partial charge in [-0.25, -0.2) is 4.79 Å². The van der Waals surface area contributed by atoms with E-state index in [4.69, 9.17) is 16.3 Å². The van der Waals surface area contributed by atoms with E-state index >= 15 is 0 Å². The van der Waals surface area contributed by atoms with Gasteiger partial charge in [-0.2, -0.15) is 0 Å². The number of aliphatic hydroxyl groups excluding tert-OH is 1. The summed E-state index contributed by atoms with van der Waals surface area (Å²) >= 11 is 5.94. The van der Waals surface area contributed by atoms with E-state index in [1.165, 1.54) is 13.2 Å². The highest BCUT2D eigenvalue weighted by Crippen LogP contribution is 2.40. The van der Waals surface area contributed by atoms with Crippen LogP contribution in [-0.4, -0.2) is 29.9 Å². The molecule has 1 atom stereocenters. The van der Waals surface area contributed by atoms with Gasteiger partial charge in [0.1, 0.15) is 0 Å². The highest BCUT2D eigenvalue weighted by atomic mass is 35.5. The maximum atomic E-state index is 11.4. The van der Waals surface area contributed by atoms with Gasteiger partial charge in [0.05, 0.1) is 13.7 Å². The average molecular weight is 275 g/mol. The molecule has 5 nitrogen and oxygen atoms in total. The largest absolute Gasteiger partial charge is 0.504 e. The minimum absolute atomic E-state index is 0.0408. The molecule has 0 heterocycles. The zero-order valence-electron chi connectivity index (χ0n) is 10.4. The molecule has 1 aromatic rings. The van der Waals surface area contributed by atoms with Gasteiger partial charge in [-0.05, 0) is 19.9 Å². The topological polar surface area (TPSA) is 76.0 Å². The third kappa shape index (κ3) is 2.68. The SMILES string of the molecule is CCOC(=O)C(O)c1cc(Cl)c(C)c(OC)c1O. The highest BCUT2D eigenvalue weighted by Gasteiger charge is 2.26. The number of hydrogen-bond donors (Lipinski definition) is 2. The van der Waals surface area contributed by atoms with Crippen molar-refractivity contribution in [1.82, 2.24) is 0 Å². The van der Waals surface area contributed by atoms with E-state index in [9.17, 15) is 15.0 Å². The van der Waals surface area contributed by atoms with Gasteiger partial charge < -0.3 is 19.7 Å². The first kappa shape index (κ1) is 14.6. The smallest absolute Gasteiger partial charge is 0.339 e. The molecule has 100 valence electrons. The quantitative estimate of drug-likeness (QED) is 0.821. The summed E-state index contributed by atoms with van der Waals surface area (Å²) in [6.45, 7) is 3.40. The second-order valence-corrected chi connectivity index (χ2v) is 4.02. The lowest BCUT2D eigenvalue weighted by atomic mass is 10.0. The van der Waals surface area contributed by atoms with E-state index in [0.717, 1.165) is 0 Å². The number of carbonyl (C=O) groups is 1. The van der Waals surface area contributed by atoms with Crippen LogP contribution in [0.4, 0.5) is 0 Å². The van der Waals surface area contributed by atoms with Gasteiger partial charge in [0.2, 0.25) is 0 Å². The van der Waals surface area contributed by atoms with Crippen LogP contribution in [0.25, 0.3) is 0 Å². The first-order chi connectivity index (χ1) is 8.43. The van der Waals surface area contributed by atoms with Crippen LogP contribution < -0.4 is 4.74 Å². The first-order valence-corrected chi connectivity index (χ1v) is 5.72. The molecule has 1 aromatic carbocycles. The molecule has 6 heteroatoms. The second-order valence-electron chi connectivity index (χ2n) is 3.61. The number of aliphatic hydroxyl groups is 1. The standard InChI is InChI=1S/C12H15ClO5/c1-4-18-12(16)10(15)7-5-8(13)6(2)11(17-3)9(7)14/h5,10,14-15H,4H2,1-3H3. The number of hydrogen-bond acceptors (Lipinski definition) is 5. The van der Waals surface area contributed by atoms with E-state index < -0.39 is 12.1 Å². The van der Waals surface area contributed by atoms with Crippen LogP contribution in [0.1, 0.15) is 24.2 Å². The fraction of sp³-hybridized carbons (Fsp3) is 0.417. The number of rotatable bonds is 4. The van der Waals surface area contributed by atoms with Gasteiger partial charge >= 0.3 is 5.97 Å². The molecule has 0 aliphatic rings. The second kappa shape index (κ2) is 5.93. The molecule has 0 aromatic heterocycles. The molecule has 1 rings (SSSR count). The Morgan fingerprint density at radius 2 is 2.17 bits per heavy atom. The van der Waals surface area contributed by atoms with E-state index in [2.05, 4.69) is 4.74 Å². The summed E-state index contributed by atoms with van der Waals surface area (Å²) in [6, 6.07) is 1.32. The van der Waals surface area contributed by atoms with Gasteiger partial charge in [0, 0.05) is 16.1 Å². The Morgan fingerprint density at radius 3 is 2.67 bits per heavy atom. The number of esters is 1. The molecule has 0 amide bonds. The Labute approximate surface area is 110 Å². The number of benzene rings is 1. The summed E-state index contributed by atoms with van der Waals surface area (Å²) in [6.07, 6.45) is -1.60. The molecule has 0 aliphatic heterocycles. The van der Waals surface area contributed by atoms with Crippen LogP contribution in [0.3, 0.4) is 0 Å². The number of phenolic OH excluding ortho intramolecular Hbond substituents is 1. The van der Waals surface area contributed by atoms with Crippen LogP contribution in [0.5, 0.6) is 11.5 Å². The Hall–Kier alpha value is -1.46. The lowest BCUT2D eigenvalue weighted by Crippen LogP contribution is -2.16. The molecule has 0 bridgehead atoms. The van der Waals surface area contributed by atoms with Crippen LogP contribution in [0.15, 0.2) is 6.07 Å². The Kier molecular flexibility index (Phi) is 4.81. The van der Waals surface area contributed by atoms with Gasteiger partial charge in [0.25, 0.3) is 0 Å². The fourth-order valence-electron chi connectivity index (χ4n) is 1.54. The molecular weight excluding hydrogens is 260 g/mol. The minimum atomic E-state index is -1.60. The molecule has 18 heavy (non-hydrogen) atoms. The lowest BCUT2D eigenvalue weighted by molar-refractivity contribution is -0.153. The third-order valence-electron chi connectivity index (χ3n) is 2.48. The maximum absolute atomic E-state index is 11.4. The Morgan fingerprint density at radius 1 is 1.56 bits per heavy atom. The Bertz CT molecular complexity index is 458. The zero-order valence-corrected chi connectivity index (χ0v) is 11.1. The molecule has 0 aliphatic carbocycles. The van der Waals surface area contributed by atoms with Crippen molar-refractivity contribution in [2.45, 2.75) is 20.0 Å². The molecule has 0 radical (unpaired) electrons. The van der Waals surface area contributed by atoms with E-state index in [0.29, 0.717) is 5.56 Å². The number of aromatic hydroxyl groups is 1. The van der Waals surface area contributed by atoms with Crippen LogP contribution in [0, 0.1) is 6.92 Å². The highest BCUT2D eigenvalue weighted by molar-refractivity contribution is 6.31. The van der Waals surface area contributed by atoms with Crippen molar-refractivity contribution in [2.24, 2.45) is 0 Å². The van der Waals surface area contributed by atoms with Crippen molar-refractivity contribution in [3.63, 3.8) is 0 Å². The van der Waals surface area contributed by atoms with Crippen LogP contribution in [0.2, 0.25) is 5.02 Å². The summed E-state index contributed by atoms with van der Waals surface area (Å²) in [5.74, 6) is -1.05. The van der Waals surface area contributed by atoms with Gasteiger partial charge in [-0.15, -0.1) is 0 Å². The van der Waals surface area contributed by atoms with E-state index in [-0.39, 0.29) is 28.7 Å². The summed E-state index contributed by atoms with van der Waals surface area (Å²) in [5.41, 5.74) is 0.484. The molecular formula is C12H15ClO5. The Balaban J connectivity index is 3.25. The summed E-state index contributed by atoms with van der Waals surface area (Å²) in [5, 5.41) is 20.0. The monoisotopic (exact) mass is 274 g/mol. The molecule has 0 fully saturated rings. The molecule has 0 saturated heterocycles. The van der Waals surface area contributed by atoms with Crippen molar-refractivity contribution >= 4 is 17.6 Å². The molecule has 0 spiro atoms. The van der Waals surface area contributed by atoms with Crippen molar-refractivity contribution < 1.29 is 24.5 Å². The molecule has 0 saturated carbocycles. The lowest BCUT2D eigenvalue weighted by Gasteiger charge is -2.16. The first-order valence-electron chi connectivity index (χ1n) is 5.34. The van der Waals surface area contributed by atoms with Crippen LogP contribution >= 0.6 is 11.6 Å². The van der Waals surface area contributed by atoms with E-state index in [1.807, 2.05) is 0 Å². The number of phenols is 1. The summed E-state index contributed by atoms with van der Waals surface area (Å²) in [4.78, 5) is 11.4. The van der Waals surface area contributed by atoms with Gasteiger partial charge in [-0.1, -0.05) is 11.6 Å². The average Bonchev–Trinajstić information content (AvgIpc) is 2.34. The molecule has 1 unspecified atom stereocenters. The van der Waals surface area contributed by atoms with Crippen molar-refractivity contribution in [3.8, 4) is 11.5 Å². The number of carbonyl (C=O) groups excluding carboxylic acids is 1. The van der Waals surface area contributed by atoms with Crippen LogP contribution in [-0.2, 0) is 9.53 Å². The normalized spacial score (nSPS) is 12.1. The molecule has 2 N–H and O–H groups in total. The van der Waals surface area contributed by atoms with E-state index in [1.54, 1.807) is 13.8 Å². The van der Waals surface area contributed by atoms with Crippen molar-refractivity contribution in [3.05, 3.63) is 22.2 Å². The van der Waals surface area contributed by atoms with Crippen molar-refractivity contribution in [2.75, 3.05) is 13.7 Å². The summed E-state index contributed by atoms with van der Waals surface area (Å²) in [7, 11) is 1.36.